The number of hydrogen-bond donors (Lipinski definition) is 1. The first-order chi connectivity index (χ1) is 8.37. The zero-order valence-electron chi connectivity index (χ0n) is 9.98. The maximum absolute atomic E-state index is 13.9. The van der Waals surface area contributed by atoms with Gasteiger partial charge >= 0.3 is 5.97 Å². The Balaban J connectivity index is 3.44. The van der Waals surface area contributed by atoms with Crippen LogP contribution in [-0.2, 0) is 15.1 Å². The van der Waals surface area contributed by atoms with Crippen molar-refractivity contribution in [1.29, 1.82) is 0 Å². The Morgan fingerprint density at radius 3 is 2.61 bits per heavy atom. The third-order valence-corrected chi connectivity index (χ3v) is 3.41. The van der Waals surface area contributed by atoms with Crippen LogP contribution < -0.4 is 0 Å². The minimum atomic E-state index is -1.72. The molecule has 0 saturated heterocycles. The molecule has 98 valence electrons. The fraction of sp³-hybridized carbons (Fsp3) is 0.333. The van der Waals surface area contributed by atoms with Crippen molar-refractivity contribution in [2.24, 2.45) is 0 Å². The second-order valence-corrected chi connectivity index (χ2v) is 4.81. The Kier molecular flexibility index (Phi) is 4.45. The molecule has 1 aromatic carbocycles. The van der Waals surface area contributed by atoms with Gasteiger partial charge in [0.15, 0.2) is 5.54 Å². The molecule has 18 heavy (non-hydrogen) atoms. The van der Waals surface area contributed by atoms with E-state index in [4.69, 9.17) is 0 Å². The number of carboxylic acid groups (broad SMARTS) is 1. The molecule has 4 nitrogen and oxygen atoms in total. The Morgan fingerprint density at radius 2 is 2.22 bits per heavy atom. The first kappa shape index (κ1) is 14.6. The summed E-state index contributed by atoms with van der Waals surface area (Å²) in [7, 11) is 0. The molecule has 1 amide bonds. The summed E-state index contributed by atoms with van der Waals surface area (Å²) in [6.45, 7) is 3.10. The molecule has 0 radical (unpaired) electrons. The molecule has 6 heteroatoms. The standard InChI is InChI=1S/C12H13BrFNO3/c1-3-15(7-16)12(2,11(17)18)9-5-4-8(13)6-10(9)14/h4-7H,3H2,1-2H3,(H,17,18). The number of aliphatic carboxylic acids is 1. The highest BCUT2D eigenvalue weighted by atomic mass is 79.9. The van der Waals surface area contributed by atoms with Crippen molar-refractivity contribution in [2.75, 3.05) is 6.54 Å². The third kappa shape index (κ3) is 2.38. The zero-order valence-corrected chi connectivity index (χ0v) is 11.6. The summed E-state index contributed by atoms with van der Waals surface area (Å²) < 4.78 is 14.4. The SMILES string of the molecule is CCN(C=O)C(C)(C(=O)O)c1ccc(Br)cc1F. The van der Waals surface area contributed by atoms with Gasteiger partial charge in [-0.1, -0.05) is 22.0 Å². The monoisotopic (exact) mass is 317 g/mol. The van der Waals surface area contributed by atoms with Gasteiger partial charge in [0.25, 0.3) is 0 Å². The Hall–Kier alpha value is -1.43. The van der Waals surface area contributed by atoms with E-state index in [-0.39, 0.29) is 12.1 Å². The van der Waals surface area contributed by atoms with Gasteiger partial charge in [-0.15, -0.1) is 0 Å². The highest BCUT2D eigenvalue weighted by Crippen LogP contribution is 2.31. The quantitative estimate of drug-likeness (QED) is 0.848. The third-order valence-electron chi connectivity index (χ3n) is 2.91. The van der Waals surface area contributed by atoms with Gasteiger partial charge in [-0.3, -0.25) is 4.79 Å². The van der Waals surface area contributed by atoms with Gasteiger partial charge in [0.2, 0.25) is 6.41 Å². The van der Waals surface area contributed by atoms with Crippen LogP contribution in [0.5, 0.6) is 0 Å². The van der Waals surface area contributed by atoms with Crippen molar-refractivity contribution in [3.63, 3.8) is 0 Å². The van der Waals surface area contributed by atoms with Gasteiger partial charge in [0.05, 0.1) is 0 Å². The molecule has 1 atom stereocenters. The summed E-state index contributed by atoms with van der Waals surface area (Å²) in [5.74, 6) is -1.95. The first-order valence-corrected chi connectivity index (χ1v) is 6.08. The molecular formula is C12H13BrFNO3. The first-order valence-electron chi connectivity index (χ1n) is 5.28. The predicted molar refractivity (Wildman–Crippen MR) is 67.5 cm³/mol. The molecule has 0 saturated carbocycles. The molecule has 1 N–H and O–H groups in total. The summed E-state index contributed by atoms with van der Waals surface area (Å²) in [6, 6.07) is 4.08. The van der Waals surface area contributed by atoms with Crippen LogP contribution in [0.1, 0.15) is 19.4 Å². The van der Waals surface area contributed by atoms with Crippen molar-refractivity contribution < 1.29 is 19.1 Å². The Morgan fingerprint density at radius 1 is 1.61 bits per heavy atom. The van der Waals surface area contributed by atoms with Crippen molar-refractivity contribution in [2.45, 2.75) is 19.4 Å². The van der Waals surface area contributed by atoms with Crippen molar-refractivity contribution in [3.05, 3.63) is 34.1 Å². The number of halogens is 2. The number of benzene rings is 1. The lowest BCUT2D eigenvalue weighted by Crippen LogP contribution is -2.49. The van der Waals surface area contributed by atoms with E-state index in [0.717, 1.165) is 4.90 Å². The van der Waals surface area contributed by atoms with E-state index in [1.807, 2.05) is 0 Å². The summed E-state index contributed by atoms with van der Waals surface area (Å²) >= 11 is 3.10. The molecule has 0 aliphatic heterocycles. The van der Waals surface area contributed by atoms with Crippen LogP contribution in [0.2, 0.25) is 0 Å². The van der Waals surface area contributed by atoms with Crippen LogP contribution in [0.25, 0.3) is 0 Å². The van der Waals surface area contributed by atoms with Crippen LogP contribution in [0.15, 0.2) is 22.7 Å². The molecule has 0 bridgehead atoms. The smallest absolute Gasteiger partial charge is 0.334 e. The molecule has 0 fully saturated rings. The van der Waals surface area contributed by atoms with Gasteiger partial charge in [0, 0.05) is 16.6 Å². The van der Waals surface area contributed by atoms with Crippen molar-refractivity contribution >= 4 is 28.3 Å². The van der Waals surface area contributed by atoms with E-state index in [1.54, 1.807) is 6.92 Å². The van der Waals surface area contributed by atoms with Gasteiger partial charge in [-0.2, -0.15) is 0 Å². The lowest BCUT2D eigenvalue weighted by atomic mass is 9.90. The minimum Gasteiger partial charge on any atom is -0.479 e. The number of amides is 1. The lowest BCUT2D eigenvalue weighted by Gasteiger charge is -2.35. The normalized spacial score (nSPS) is 13.8. The van der Waals surface area contributed by atoms with Crippen LogP contribution in [0.4, 0.5) is 4.39 Å². The second-order valence-electron chi connectivity index (χ2n) is 3.89. The number of nitrogens with zero attached hydrogens (tertiary/aromatic N) is 1. The number of carbonyl (C=O) groups is 2. The fourth-order valence-electron chi connectivity index (χ4n) is 1.77. The molecule has 1 rings (SSSR count). The minimum absolute atomic E-state index is 0.0489. The number of likely N-dealkylation sites (N-methyl/N-ethyl adjacent to an activating group) is 1. The van der Waals surface area contributed by atoms with E-state index in [9.17, 15) is 19.1 Å². The van der Waals surface area contributed by atoms with Crippen LogP contribution in [0, 0.1) is 5.82 Å². The van der Waals surface area contributed by atoms with Gasteiger partial charge < -0.3 is 10.0 Å². The van der Waals surface area contributed by atoms with Crippen LogP contribution in [-0.4, -0.2) is 28.9 Å². The average molecular weight is 318 g/mol. The van der Waals surface area contributed by atoms with Gasteiger partial charge in [-0.05, 0) is 26.0 Å². The molecule has 0 heterocycles. The molecule has 0 aliphatic rings. The number of rotatable bonds is 5. The van der Waals surface area contributed by atoms with E-state index in [2.05, 4.69) is 15.9 Å². The summed E-state index contributed by atoms with van der Waals surface area (Å²) in [5.41, 5.74) is -1.77. The van der Waals surface area contributed by atoms with E-state index < -0.39 is 17.3 Å². The second kappa shape index (κ2) is 5.48. The molecule has 0 aromatic heterocycles. The molecular weight excluding hydrogens is 305 g/mol. The predicted octanol–water partition coefficient (Wildman–Crippen LogP) is 2.37. The fourth-order valence-corrected chi connectivity index (χ4v) is 2.11. The molecule has 0 spiro atoms. The Labute approximate surface area is 113 Å². The van der Waals surface area contributed by atoms with Gasteiger partial charge in [-0.25, -0.2) is 9.18 Å². The lowest BCUT2D eigenvalue weighted by molar-refractivity contribution is -0.154. The van der Waals surface area contributed by atoms with Gasteiger partial charge in [0.1, 0.15) is 5.82 Å². The van der Waals surface area contributed by atoms with Crippen molar-refractivity contribution in [3.8, 4) is 0 Å². The zero-order chi connectivity index (χ0) is 13.9. The maximum Gasteiger partial charge on any atom is 0.334 e. The summed E-state index contributed by atoms with van der Waals surface area (Å²) in [5, 5.41) is 9.33. The number of carboxylic acids is 1. The topological polar surface area (TPSA) is 57.6 Å². The summed E-state index contributed by atoms with van der Waals surface area (Å²) in [6.07, 6.45) is 0.412. The van der Waals surface area contributed by atoms with E-state index >= 15 is 0 Å². The highest BCUT2D eigenvalue weighted by molar-refractivity contribution is 9.10. The molecule has 1 aromatic rings. The average Bonchev–Trinajstić information content (AvgIpc) is 2.29. The van der Waals surface area contributed by atoms with Crippen LogP contribution >= 0.6 is 15.9 Å². The van der Waals surface area contributed by atoms with E-state index in [0.29, 0.717) is 10.9 Å². The maximum atomic E-state index is 13.9. The molecule has 0 aliphatic carbocycles. The highest BCUT2D eigenvalue weighted by Gasteiger charge is 2.42. The van der Waals surface area contributed by atoms with Crippen LogP contribution in [0.3, 0.4) is 0 Å². The molecule has 1 unspecified atom stereocenters. The largest absolute Gasteiger partial charge is 0.479 e. The van der Waals surface area contributed by atoms with E-state index in [1.165, 1.54) is 25.1 Å². The summed E-state index contributed by atoms with van der Waals surface area (Å²) in [4.78, 5) is 23.5. The number of carbonyl (C=O) groups excluding carboxylic acids is 1. The van der Waals surface area contributed by atoms with Crippen molar-refractivity contribution in [1.82, 2.24) is 4.90 Å². The number of hydrogen-bond acceptors (Lipinski definition) is 2. The Bertz CT molecular complexity index is 480.